The number of nitrogens with zero attached hydrogens (tertiary/aromatic N) is 2. The summed E-state index contributed by atoms with van der Waals surface area (Å²) >= 11 is 0. The molecule has 1 aliphatic heterocycles. The molecule has 0 aromatic heterocycles. The maximum Gasteiger partial charge on any atom is 0.0712 e. The number of halogens is 1. The lowest BCUT2D eigenvalue weighted by Gasteiger charge is -2.54. The molecule has 1 aromatic carbocycles. The van der Waals surface area contributed by atoms with Crippen molar-refractivity contribution >= 4 is 12.4 Å². The van der Waals surface area contributed by atoms with Gasteiger partial charge in [0.1, 0.15) is 0 Å². The molecule has 32 heavy (non-hydrogen) atoms. The van der Waals surface area contributed by atoms with Gasteiger partial charge in [-0.15, -0.1) is 12.4 Å². The van der Waals surface area contributed by atoms with E-state index < -0.39 is 5.60 Å². The molecule has 4 heteroatoms. The summed E-state index contributed by atoms with van der Waals surface area (Å²) in [6.45, 7) is 5.31. The van der Waals surface area contributed by atoms with Crippen LogP contribution in [0.5, 0.6) is 0 Å². The van der Waals surface area contributed by atoms with E-state index in [2.05, 4.69) is 61.2 Å². The Hall–Kier alpha value is -0.610. The second-order valence-electron chi connectivity index (χ2n) is 10.7. The molecule has 2 aliphatic rings. The third-order valence-electron chi connectivity index (χ3n) is 8.16. The van der Waals surface area contributed by atoms with Crippen molar-refractivity contribution in [2.75, 3.05) is 33.7 Å². The Kier molecular flexibility index (Phi) is 11.5. The Bertz CT molecular complexity index is 632. The SMILES string of the molecule is CCCCCCCCC1(O)CCN(C2(c3ccccc3)CCCCC2)CC1CN(C)C.Cl. The zero-order chi connectivity index (χ0) is 22.2. The fourth-order valence-electron chi connectivity index (χ4n) is 6.33. The van der Waals surface area contributed by atoms with E-state index in [1.165, 1.54) is 76.2 Å². The fraction of sp³-hybridized carbons (Fsp3) is 0.786. The summed E-state index contributed by atoms with van der Waals surface area (Å²) in [5, 5.41) is 11.8. The predicted octanol–water partition coefficient (Wildman–Crippen LogP) is 6.63. The van der Waals surface area contributed by atoms with Gasteiger partial charge in [0.25, 0.3) is 0 Å². The highest BCUT2D eigenvalue weighted by Crippen LogP contribution is 2.46. The van der Waals surface area contributed by atoms with Gasteiger partial charge in [0.05, 0.1) is 5.60 Å². The highest BCUT2D eigenvalue weighted by atomic mass is 35.5. The highest BCUT2D eigenvalue weighted by Gasteiger charge is 2.47. The van der Waals surface area contributed by atoms with Gasteiger partial charge in [-0.05, 0) is 45.3 Å². The van der Waals surface area contributed by atoms with E-state index in [1.807, 2.05) is 0 Å². The molecule has 0 spiro atoms. The first-order chi connectivity index (χ1) is 15.0. The molecule has 1 aromatic rings. The Morgan fingerprint density at radius 1 is 0.938 bits per heavy atom. The van der Waals surface area contributed by atoms with E-state index in [-0.39, 0.29) is 17.9 Å². The number of benzene rings is 1. The van der Waals surface area contributed by atoms with E-state index in [4.69, 9.17) is 0 Å². The van der Waals surface area contributed by atoms with Crippen molar-refractivity contribution in [2.45, 2.75) is 102 Å². The van der Waals surface area contributed by atoms with Crippen molar-refractivity contribution < 1.29 is 5.11 Å². The standard InChI is InChI=1S/C28H48N2O.ClH/c1-4-5-6-7-8-15-20-28(31)21-22-30(24-26(28)23-29(2)3)27(18-13-10-14-19-27)25-16-11-9-12-17-25;/h9,11-12,16-17,26,31H,4-8,10,13-15,18-24H2,1-3H3;1H. The molecule has 0 bridgehead atoms. The summed E-state index contributed by atoms with van der Waals surface area (Å²) in [6, 6.07) is 11.3. The number of hydrogen-bond donors (Lipinski definition) is 1. The Labute approximate surface area is 204 Å². The topological polar surface area (TPSA) is 26.7 Å². The molecular formula is C28H49ClN2O. The average Bonchev–Trinajstić information content (AvgIpc) is 2.78. The van der Waals surface area contributed by atoms with Crippen molar-refractivity contribution in [1.82, 2.24) is 9.80 Å². The largest absolute Gasteiger partial charge is 0.389 e. The van der Waals surface area contributed by atoms with Crippen LogP contribution in [-0.4, -0.2) is 54.2 Å². The van der Waals surface area contributed by atoms with Gasteiger partial charge in [-0.1, -0.05) is 95.0 Å². The summed E-state index contributed by atoms with van der Waals surface area (Å²) in [5.74, 6) is 0.328. The van der Waals surface area contributed by atoms with E-state index in [1.54, 1.807) is 0 Å². The molecule has 184 valence electrons. The van der Waals surface area contributed by atoms with Gasteiger partial charge in [-0.2, -0.15) is 0 Å². The molecule has 0 amide bonds. The first-order valence-corrected chi connectivity index (χ1v) is 13.2. The van der Waals surface area contributed by atoms with Crippen LogP contribution in [0.15, 0.2) is 30.3 Å². The summed E-state index contributed by atoms with van der Waals surface area (Å²) in [6.07, 6.45) is 16.2. The van der Waals surface area contributed by atoms with Gasteiger partial charge in [0.15, 0.2) is 0 Å². The van der Waals surface area contributed by atoms with Gasteiger partial charge in [-0.25, -0.2) is 0 Å². The lowest BCUT2D eigenvalue weighted by atomic mass is 9.71. The third-order valence-corrected chi connectivity index (χ3v) is 8.16. The number of aliphatic hydroxyl groups is 1. The van der Waals surface area contributed by atoms with Crippen LogP contribution in [0, 0.1) is 5.92 Å². The average molecular weight is 465 g/mol. The van der Waals surface area contributed by atoms with E-state index in [0.29, 0.717) is 5.92 Å². The summed E-state index contributed by atoms with van der Waals surface area (Å²) in [7, 11) is 4.33. The van der Waals surface area contributed by atoms with E-state index in [0.717, 1.165) is 32.5 Å². The van der Waals surface area contributed by atoms with Gasteiger partial charge in [0, 0.05) is 31.1 Å². The van der Waals surface area contributed by atoms with Crippen LogP contribution in [0.3, 0.4) is 0 Å². The minimum Gasteiger partial charge on any atom is -0.389 e. The summed E-state index contributed by atoms with van der Waals surface area (Å²) < 4.78 is 0. The molecule has 1 saturated carbocycles. The first kappa shape index (κ1) is 27.6. The van der Waals surface area contributed by atoms with Crippen molar-refractivity contribution in [2.24, 2.45) is 5.92 Å². The quantitative estimate of drug-likeness (QED) is 0.372. The maximum absolute atomic E-state index is 11.8. The number of unbranched alkanes of at least 4 members (excludes halogenated alkanes) is 5. The van der Waals surface area contributed by atoms with Crippen molar-refractivity contribution in [3.05, 3.63) is 35.9 Å². The van der Waals surface area contributed by atoms with Crippen LogP contribution in [-0.2, 0) is 5.54 Å². The number of piperidine rings is 1. The minimum absolute atomic E-state index is 0. The monoisotopic (exact) mass is 464 g/mol. The van der Waals surface area contributed by atoms with Crippen molar-refractivity contribution in [3.8, 4) is 0 Å². The molecule has 3 rings (SSSR count). The second kappa shape index (κ2) is 13.3. The zero-order valence-electron chi connectivity index (χ0n) is 21.0. The first-order valence-electron chi connectivity index (χ1n) is 13.2. The van der Waals surface area contributed by atoms with Crippen LogP contribution in [0.2, 0.25) is 0 Å². The maximum atomic E-state index is 11.8. The molecule has 2 fully saturated rings. The zero-order valence-corrected chi connectivity index (χ0v) is 21.8. The van der Waals surface area contributed by atoms with Crippen molar-refractivity contribution in [1.29, 1.82) is 0 Å². The number of rotatable bonds is 11. The third kappa shape index (κ3) is 6.95. The summed E-state index contributed by atoms with van der Waals surface area (Å²) in [5.41, 5.74) is 1.17. The fourth-order valence-corrected chi connectivity index (χ4v) is 6.33. The van der Waals surface area contributed by atoms with Crippen LogP contribution < -0.4 is 0 Å². The van der Waals surface area contributed by atoms with E-state index in [9.17, 15) is 5.11 Å². The van der Waals surface area contributed by atoms with Gasteiger partial charge in [-0.3, -0.25) is 4.90 Å². The van der Waals surface area contributed by atoms with Crippen LogP contribution in [0.25, 0.3) is 0 Å². The summed E-state index contributed by atoms with van der Waals surface area (Å²) in [4.78, 5) is 5.07. The molecule has 1 aliphatic carbocycles. The lowest BCUT2D eigenvalue weighted by molar-refractivity contribution is -0.114. The predicted molar refractivity (Wildman–Crippen MR) is 140 cm³/mol. The number of hydrogen-bond acceptors (Lipinski definition) is 3. The van der Waals surface area contributed by atoms with Gasteiger partial charge >= 0.3 is 0 Å². The Morgan fingerprint density at radius 2 is 1.59 bits per heavy atom. The normalized spacial score (nSPS) is 26.1. The second-order valence-corrected chi connectivity index (χ2v) is 10.7. The van der Waals surface area contributed by atoms with E-state index >= 15 is 0 Å². The molecular weight excluding hydrogens is 416 g/mol. The molecule has 0 radical (unpaired) electrons. The van der Waals surface area contributed by atoms with Crippen LogP contribution >= 0.6 is 12.4 Å². The highest BCUT2D eigenvalue weighted by molar-refractivity contribution is 5.85. The Balaban J connectivity index is 0.00000363. The van der Waals surface area contributed by atoms with Gasteiger partial charge in [0.2, 0.25) is 0 Å². The lowest BCUT2D eigenvalue weighted by Crippen LogP contribution is -2.60. The molecule has 1 heterocycles. The molecule has 3 nitrogen and oxygen atoms in total. The number of likely N-dealkylation sites (tertiary alicyclic amines) is 1. The Morgan fingerprint density at radius 3 is 2.25 bits per heavy atom. The van der Waals surface area contributed by atoms with Crippen molar-refractivity contribution in [3.63, 3.8) is 0 Å². The molecule has 1 N–H and O–H groups in total. The molecule has 1 saturated heterocycles. The van der Waals surface area contributed by atoms with Crippen LogP contribution in [0.1, 0.15) is 96.0 Å². The minimum atomic E-state index is -0.502. The molecule has 2 atom stereocenters. The smallest absolute Gasteiger partial charge is 0.0712 e. The molecule has 2 unspecified atom stereocenters. The van der Waals surface area contributed by atoms with Gasteiger partial charge < -0.3 is 10.0 Å². The van der Waals surface area contributed by atoms with Crippen LogP contribution in [0.4, 0.5) is 0 Å².